The Morgan fingerprint density at radius 1 is 1.42 bits per heavy atom. The second-order valence-corrected chi connectivity index (χ2v) is 4.66. The molecule has 0 heterocycles. The van der Waals surface area contributed by atoms with Crippen LogP contribution in [-0.4, -0.2) is 0 Å². The third-order valence-corrected chi connectivity index (χ3v) is 3.09. The highest BCUT2D eigenvalue weighted by molar-refractivity contribution is 5.00. The van der Waals surface area contributed by atoms with Gasteiger partial charge in [-0.25, -0.2) is 0 Å². The molecular formula is C12H24. The Morgan fingerprint density at radius 2 is 1.92 bits per heavy atom. The van der Waals surface area contributed by atoms with Gasteiger partial charge in [0.2, 0.25) is 0 Å². The first-order chi connectivity index (χ1) is 5.41. The van der Waals surface area contributed by atoms with Gasteiger partial charge in [-0.1, -0.05) is 52.7 Å². The Kier molecular flexibility index (Phi) is 4.59. The minimum Gasteiger partial charge on any atom is -0.0999 e. The number of hydrogen-bond acceptors (Lipinski definition) is 0. The van der Waals surface area contributed by atoms with Gasteiger partial charge < -0.3 is 0 Å². The van der Waals surface area contributed by atoms with Gasteiger partial charge in [0.25, 0.3) is 0 Å². The van der Waals surface area contributed by atoms with E-state index in [1.165, 1.54) is 24.8 Å². The molecule has 0 N–H and O–H groups in total. The SMILES string of the molecule is C=C(C)C(C)C(C)(C)CCCC. The van der Waals surface area contributed by atoms with Gasteiger partial charge in [0, 0.05) is 0 Å². The standard InChI is InChI=1S/C12H24/c1-7-8-9-12(5,6)11(4)10(2)3/h11H,2,7-9H2,1,3-6H3. The van der Waals surface area contributed by atoms with Crippen LogP contribution < -0.4 is 0 Å². The summed E-state index contributed by atoms with van der Waals surface area (Å²) in [6, 6.07) is 0. The molecule has 0 aromatic carbocycles. The summed E-state index contributed by atoms with van der Waals surface area (Å²) in [4.78, 5) is 0. The van der Waals surface area contributed by atoms with Crippen molar-refractivity contribution in [1.82, 2.24) is 0 Å². The molecule has 0 saturated carbocycles. The highest BCUT2D eigenvalue weighted by Crippen LogP contribution is 2.35. The van der Waals surface area contributed by atoms with Gasteiger partial charge in [-0.2, -0.15) is 0 Å². The van der Waals surface area contributed by atoms with E-state index < -0.39 is 0 Å². The summed E-state index contributed by atoms with van der Waals surface area (Å²) < 4.78 is 0. The maximum Gasteiger partial charge on any atom is -0.0186 e. The lowest BCUT2D eigenvalue weighted by Crippen LogP contribution is -2.22. The van der Waals surface area contributed by atoms with Crippen molar-refractivity contribution >= 4 is 0 Å². The minimum absolute atomic E-state index is 0.432. The van der Waals surface area contributed by atoms with E-state index in [4.69, 9.17) is 0 Å². The first-order valence-corrected chi connectivity index (χ1v) is 5.07. The minimum atomic E-state index is 0.432. The summed E-state index contributed by atoms with van der Waals surface area (Å²) in [5.41, 5.74) is 1.75. The average molecular weight is 168 g/mol. The zero-order chi connectivity index (χ0) is 9.78. The molecule has 0 aromatic rings. The van der Waals surface area contributed by atoms with Crippen molar-refractivity contribution in [2.45, 2.75) is 53.9 Å². The van der Waals surface area contributed by atoms with E-state index in [-0.39, 0.29) is 0 Å². The Hall–Kier alpha value is -0.260. The molecule has 0 aliphatic heterocycles. The molecule has 0 fully saturated rings. The molecule has 0 amide bonds. The number of rotatable bonds is 5. The number of hydrogen-bond donors (Lipinski definition) is 0. The highest BCUT2D eigenvalue weighted by Gasteiger charge is 2.25. The number of unbranched alkanes of at least 4 members (excludes halogenated alkanes) is 1. The topological polar surface area (TPSA) is 0 Å². The van der Waals surface area contributed by atoms with Crippen LogP contribution in [-0.2, 0) is 0 Å². The number of allylic oxidation sites excluding steroid dienone is 1. The van der Waals surface area contributed by atoms with Crippen LogP contribution >= 0.6 is 0 Å². The Balaban J connectivity index is 4.08. The molecule has 0 rings (SSSR count). The molecule has 0 aliphatic rings. The fourth-order valence-corrected chi connectivity index (χ4v) is 1.52. The summed E-state index contributed by atoms with van der Waals surface area (Å²) in [6.45, 7) is 15.4. The van der Waals surface area contributed by atoms with Crippen LogP contribution in [0.15, 0.2) is 12.2 Å². The van der Waals surface area contributed by atoms with Gasteiger partial charge >= 0.3 is 0 Å². The molecule has 0 aliphatic carbocycles. The second kappa shape index (κ2) is 4.69. The van der Waals surface area contributed by atoms with Crippen molar-refractivity contribution in [3.8, 4) is 0 Å². The Labute approximate surface area is 78.1 Å². The molecule has 1 atom stereocenters. The molecular weight excluding hydrogens is 144 g/mol. The second-order valence-electron chi connectivity index (χ2n) is 4.66. The van der Waals surface area contributed by atoms with Gasteiger partial charge in [0.05, 0.1) is 0 Å². The van der Waals surface area contributed by atoms with Crippen LogP contribution in [0.5, 0.6) is 0 Å². The molecule has 72 valence electrons. The van der Waals surface area contributed by atoms with Crippen LogP contribution in [0.2, 0.25) is 0 Å². The van der Waals surface area contributed by atoms with E-state index in [2.05, 4.69) is 41.2 Å². The van der Waals surface area contributed by atoms with E-state index >= 15 is 0 Å². The Morgan fingerprint density at radius 3 is 2.25 bits per heavy atom. The van der Waals surface area contributed by atoms with Crippen molar-refractivity contribution in [3.05, 3.63) is 12.2 Å². The maximum atomic E-state index is 4.03. The van der Waals surface area contributed by atoms with E-state index in [1.54, 1.807) is 0 Å². The largest absolute Gasteiger partial charge is 0.0999 e. The van der Waals surface area contributed by atoms with Crippen molar-refractivity contribution in [1.29, 1.82) is 0 Å². The molecule has 0 saturated heterocycles. The lowest BCUT2D eigenvalue weighted by Gasteiger charge is -2.32. The average Bonchev–Trinajstić information content (AvgIpc) is 1.99. The summed E-state index contributed by atoms with van der Waals surface area (Å²) in [5.74, 6) is 0.643. The first-order valence-electron chi connectivity index (χ1n) is 5.07. The van der Waals surface area contributed by atoms with Gasteiger partial charge in [-0.05, 0) is 24.7 Å². The van der Waals surface area contributed by atoms with Crippen molar-refractivity contribution in [2.75, 3.05) is 0 Å². The predicted octanol–water partition coefficient (Wildman–Crippen LogP) is 4.42. The van der Waals surface area contributed by atoms with Gasteiger partial charge in [-0.15, -0.1) is 0 Å². The summed E-state index contributed by atoms with van der Waals surface area (Å²) in [5, 5.41) is 0. The fourth-order valence-electron chi connectivity index (χ4n) is 1.52. The zero-order valence-corrected chi connectivity index (χ0v) is 9.41. The molecule has 0 aromatic heterocycles. The van der Waals surface area contributed by atoms with Crippen LogP contribution in [0, 0.1) is 11.3 Å². The summed E-state index contributed by atoms with van der Waals surface area (Å²) >= 11 is 0. The Bertz CT molecular complexity index is 142. The monoisotopic (exact) mass is 168 g/mol. The third-order valence-electron chi connectivity index (χ3n) is 3.09. The smallest absolute Gasteiger partial charge is 0.0186 e. The van der Waals surface area contributed by atoms with Crippen LogP contribution in [0.1, 0.15) is 53.9 Å². The fraction of sp³-hybridized carbons (Fsp3) is 0.833. The molecule has 0 heteroatoms. The van der Waals surface area contributed by atoms with Crippen molar-refractivity contribution in [2.24, 2.45) is 11.3 Å². The van der Waals surface area contributed by atoms with Crippen LogP contribution in [0.25, 0.3) is 0 Å². The van der Waals surface area contributed by atoms with E-state index in [9.17, 15) is 0 Å². The molecule has 0 radical (unpaired) electrons. The third kappa shape index (κ3) is 3.42. The van der Waals surface area contributed by atoms with Crippen LogP contribution in [0.3, 0.4) is 0 Å². The van der Waals surface area contributed by atoms with E-state index in [0.717, 1.165) is 0 Å². The van der Waals surface area contributed by atoms with Crippen LogP contribution in [0.4, 0.5) is 0 Å². The predicted molar refractivity (Wildman–Crippen MR) is 57.3 cm³/mol. The van der Waals surface area contributed by atoms with Gasteiger partial charge in [0.15, 0.2) is 0 Å². The first kappa shape index (κ1) is 11.7. The van der Waals surface area contributed by atoms with E-state index in [0.29, 0.717) is 11.3 Å². The summed E-state index contributed by atoms with van der Waals surface area (Å²) in [6.07, 6.45) is 3.95. The molecule has 12 heavy (non-hydrogen) atoms. The van der Waals surface area contributed by atoms with E-state index in [1.807, 2.05) is 0 Å². The van der Waals surface area contributed by atoms with Crippen molar-refractivity contribution < 1.29 is 0 Å². The normalized spacial score (nSPS) is 14.4. The van der Waals surface area contributed by atoms with Crippen molar-refractivity contribution in [3.63, 3.8) is 0 Å². The maximum absolute atomic E-state index is 4.03. The highest BCUT2D eigenvalue weighted by atomic mass is 14.3. The summed E-state index contributed by atoms with van der Waals surface area (Å²) in [7, 11) is 0. The quantitative estimate of drug-likeness (QED) is 0.533. The van der Waals surface area contributed by atoms with Gasteiger partial charge in [-0.3, -0.25) is 0 Å². The van der Waals surface area contributed by atoms with Gasteiger partial charge in [0.1, 0.15) is 0 Å². The zero-order valence-electron chi connectivity index (χ0n) is 9.41. The molecule has 0 spiro atoms. The molecule has 0 nitrogen and oxygen atoms in total. The lowest BCUT2D eigenvalue weighted by molar-refractivity contribution is 0.237. The molecule has 0 bridgehead atoms. The lowest BCUT2D eigenvalue weighted by atomic mass is 9.73. The molecule has 1 unspecified atom stereocenters.